The van der Waals surface area contributed by atoms with Crippen molar-refractivity contribution in [2.24, 2.45) is 0 Å². The van der Waals surface area contributed by atoms with Gasteiger partial charge in [0.2, 0.25) is 0 Å². The third-order valence-electron chi connectivity index (χ3n) is 2.51. The van der Waals surface area contributed by atoms with E-state index in [1.165, 1.54) is 6.07 Å². The molecule has 1 heterocycles. The largest absolute Gasteiger partial charge is 0.373 e. The summed E-state index contributed by atoms with van der Waals surface area (Å²) in [6.07, 6.45) is 0. The molecule has 2 aromatic rings. The first-order valence-electron chi connectivity index (χ1n) is 5.70. The van der Waals surface area contributed by atoms with Crippen LogP contribution in [0.1, 0.15) is 11.4 Å². The van der Waals surface area contributed by atoms with E-state index >= 15 is 0 Å². The van der Waals surface area contributed by atoms with E-state index in [0.717, 1.165) is 5.82 Å². The fourth-order valence-electron chi connectivity index (χ4n) is 1.61. The second kappa shape index (κ2) is 5.44. The first-order valence-corrected chi connectivity index (χ1v) is 5.70. The van der Waals surface area contributed by atoms with Gasteiger partial charge in [0.05, 0.1) is 0 Å². The SMILES string of the molecule is CNc1cc(NCc2ccccc2F)nc(C)n1. The second-order valence-electron chi connectivity index (χ2n) is 3.88. The summed E-state index contributed by atoms with van der Waals surface area (Å²) in [5.41, 5.74) is 0.611. The fraction of sp³-hybridized carbons (Fsp3) is 0.231. The van der Waals surface area contributed by atoms with Gasteiger partial charge in [0.25, 0.3) is 0 Å². The number of anilines is 2. The van der Waals surface area contributed by atoms with Gasteiger partial charge >= 0.3 is 0 Å². The number of nitrogens with one attached hydrogen (secondary N) is 2. The number of aromatic nitrogens is 2. The Morgan fingerprint density at radius 3 is 2.61 bits per heavy atom. The number of benzene rings is 1. The molecule has 0 fully saturated rings. The first kappa shape index (κ1) is 12.3. The summed E-state index contributed by atoms with van der Waals surface area (Å²) in [6.45, 7) is 2.21. The molecule has 0 bridgehead atoms. The molecular formula is C13H15FN4. The predicted molar refractivity (Wildman–Crippen MR) is 70.0 cm³/mol. The van der Waals surface area contributed by atoms with Crippen LogP contribution < -0.4 is 10.6 Å². The highest BCUT2D eigenvalue weighted by atomic mass is 19.1. The van der Waals surface area contributed by atoms with Gasteiger partial charge in [0.1, 0.15) is 23.3 Å². The summed E-state index contributed by atoms with van der Waals surface area (Å²) in [5, 5.41) is 6.04. The van der Waals surface area contributed by atoms with Crippen molar-refractivity contribution in [3.8, 4) is 0 Å². The topological polar surface area (TPSA) is 49.8 Å². The summed E-state index contributed by atoms with van der Waals surface area (Å²) in [5.74, 6) is 1.86. The van der Waals surface area contributed by atoms with Crippen LogP contribution in [0, 0.1) is 12.7 Å². The van der Waals surface area contributed by atoms with Gasteiger partial charge in [0.15, 0.2) is 0 Å². The molecule has 0 aliphatic rings. The summed E-state index contributed by atoms with van der Waals surface area (Å²) in [4.78, 5) is 8.43. The van der Waals surface area contributed by atoms with Gasteiger partial charge < -0.3 is 10.6 Å². The van der Waals surface area contributed by atoms with Crippen LogP contribution in [-0.4, -0.2) is 17.0 Å². The summed E-state index contributed by atoms with van der Waals surface area (Å²) in [6, 6.07) is 8.46. The third-order valence-corrected chi connectivity index (χ3v) is 2.51. The van der Waals surface area contributed by atoms with Gasteiger partial charge in [-0.25, -0.2) is 14.4 Å². The van der Waals surface area contributed by atoms with Crippen LogP contribution in [0.25, 0.3) is 0 Å². The lowest BCUT2D eigenvalue weighted by Crippen LogP contribution is -2.06. The smallest absolute Gasteiger partial charge is 0.132 e. The van der Waals surface area contributed by atoms with E-state index in [1.807, 2.05) is 13.0 Å². The Bertz CT molecular complexity index is 542. The lowest BCUT2D eigenvalue weighted by molar-refractivity contribution is 0.613. The zero-order valence-corrected chi connectivity index (χ0v) is 10.4. The van der Waals surface area contributed by atoms with Gasteiger partial charge in [0, 0.05) is 25.2 Å². The van der Waals surface area contributed by atoms with Crippen molar-refractivity contribution in [1.29, 1.82) is 0 Å². The molecule has 0 saturated heterocycles. The second-order valence-corrected chi connectivity index (χ2v) is 3.88. The maximum absolute atomic E-state index is 13.4. The van der Waals surface area contributed by atoms with Crippen molar-refractivity contribution in [2.45, 2.75) is 13.5 Å². The van der Waals surface area contributed by atoms with E-state index in [-0.39, 0.29) is 5.82 Å². The molecule has 0 aliphatic heterocycles. The minimum absolute atomic E-state index is 0.218. The summed E-state index contributed by atoms with van der Waals surface area (Å²) < 4.78 is 13.4. The molecule has 2 N–H and O–H groups in total. The van der Waals surface area contributed by atoms with Crippen molar-refractivity contribution in [2.75, 3.05) is 17.7 Å². The van der Waals surface area contributed by atoms with Crippen LogP contribution >= 0.6 is 0 Å². The quantitative estimate of drug-likeness (QED) is 0.870. The minimum atomic E-state index is -0.218. The number of halogens is 1. The monoisotopic (exact) mass is 246 g/mol. The van der Waals surface area contributed by atoms with Crippen LogP contribution in [0.3, 0.4) is 0 Å². The number of rotatable bonds is 4. The Hall–Kier alpha value is -2.17. The molecule has 0 radical (unpaired) electrons. The first-order chi connectivity index (χ1) is 8.69. The molecule has 5 heteroatoms. The Labute approximate surface area is 105 Å². The molecule has 0 aliphatic carbocycles. The highest BCUT2D eigenvalue weighted by molar-refractivity contribution is 5.47. The highest BCUT2D eigenvalue weighted by Crippen LogP contribution is 2.13. The number of hydrogen-bond acceptors (Lipinski definition) is 4. The van der Waals surface area contributed by atoms with Gasteiger partial charge in [-0.15, -0.1) is 0 Å². The molecular weight excluding hydrogens is 231 g/mol. The maximum Gasteiger partial charge on any atom is 0.132 e. The van der Waals surface area contributed by atoms with E-state index in [9.17, 15) is 4.39 Å². The molecule has 1 aromatic heterocycles. The Morgan fingerprint density at radius 2 is 1.89 bits per heavy atom. The minimum Gasteiger partial charge on any atom is -0.373 e. The van der Waals surface area contributed by atoms with Gasteiger partial charge in [-0.3, -0.25) is 0 Å². The zero-order valence-electron chi connectivity index (χ0n) is 10.4. The molecule has 94 valence electrons. The highest BCUT2D eigenvalue weighted by Gasteiger charge is 2.03. The standard InChI is InChI=1S/C13H15FN4/c1-9-17-12(15-2)7-13(18-9)16-8-10-5-3-4-6-11(10)14/h3-7H,8H2,1-2H3,(H2,15,16,17,18). The third kappa shape index (κ3) is 2.94. The Kier molecular flexibility index (Phi) is 3.72. The molecule has 0 atom stereocenters. The van der Waals surface area contributed by atoms with Crippen LogP contribution in [0.2, 0.25) is 0 Å². The van der Waals surface area contributed by atoms with E-state index in [1.54, 1.807) is 25.2 Å². The molecule has 18 heavy (non-hydrogen) atoms. The average molecular weight is 246 g/mol. The van der Waals surface area contributed by atoms with Crippen molar-refractivity contribution >= 4 is 11.6 Å². The lowest BCUT2D eigenvalue weighted by atomic mass is 10.2. The summed E-state index contributed by atoms with van der Waals surface area (Å²) >= 11 is 0. The molecule has 2 rings (SSSR count). The fourth-order valence-corrected chi connectivity index (χ4v) is 1.61. The summed E-state index contributed by atoms with van der Waals surface area (Å²) in [7, 11) is 1.79. The van der Waals surface area contributed by atoms with Crippen molar-refractivity contribution in [1.82, 2.24) is 9.97 Å². The van der Waals surface area contributed by atoms with Crippen molar-refractivity contribution in [3.05, 3.63) is 47.5 Å². The number of aryl methyl sites for hydroxylation is 1. The Balaban J connectivity index is 2.11. The molecule has 4 nitrogen and oxygen atoms in total. The number of nitrogens with zero attached hydrogens (tertiary/aromatic N) is 2. The van der Waals surface area contributed by atoms with Gasteiger partial charge in [-0.2, -0.15) is 0 Å². The molecule has 0 saturated carbocycles. The molecule has 0 amide bonds. The Morgan fingerprint density at radius 1 is 1.17 bits per heavy atom. The van der Waals surface area contributed by atoms with Gasteiger partial charge in [-0.05, 0) is 13.0 Å². The van der Waals surface area contributed by atoms with E-state index in [2.05, 4.69) is 20.6 Å². The van der Waals surface area contributed by atoms with E-state index in [4.69, 9.17) is 0 Å². The van der Waals surface area contributed by atoms with Crippen LogP contribution in [0.4, 0.5) is 16.0 Å². The predicted octanol–water partition coefficient (Wildman–Crippen LogP) is 2.58. The van der Waals surface area contributed by atoms with Crippen molar-refractivity contribution < 1.29 is 4.39 Å². The normalized spacial score (nSPS) is 10.2. The zero-order chi connectivity index (χ0) is 13.0. The average Bonchev–Trinajstić information content (AvgIpc) is 2.37. The molecule has 1 aromatic carbocycles. The molecule has 0 unspecified atom stereocenters. The maximum atomic E-state index is 13.4. The van der Waals surface area contributed by atoms with Crippen molar-refractivity contribution in [3.63, 3.8) is 0 Å². The lowest BCUT2D eigenvalue weighted by Gasteiger charge is -2.08. The van der Waals surface area contributed by atoms with Gasteiger partial charge in [-0.1, -0.05) is 18.2 Å². The van der Waals surface area contributed by atoms with Crippen LogP contribution in [-0.2, 0) is 6.54 Å². The van der Waals surface area contributed by atoms with Crippen LogP contribution in [0.5, 0.6) is 0 Å². The number of hydrogen-bond donors (Lipinski definition) is 2. The van der Waals surface area contributed by atoms with E-state index < -0.39 is 0 Å². The van der Waals surface area contributed by atoms with Crippen LogP contribution in [0.15, 0.2) is 30.3 Å². The van der Waals surface area contributed by atoms with E-state index in [0.29, 0.717) is 23.8 Å². The molecule has 0 spiro atoms.